The van der Waals surface area contributed by atoms with Gasteiger partial charge in [0.05, 0.1) is 6.54 Å². The summed E-state index contributed by atoms with van der Waals surface area (Å²) in [5, 5.41) is 5.60. The number of halogens is 2. The van der Waals surface area contributed by atoms with E-state index in [0.717, 1.165) is 43.9 Å². The molecule has 1 aliphatic carbocycles. The fraction of sp³-hybridized carbons (Fsp3) is 0.462. The monoisotopic (exact) mass is 254 g/mol. The number of benzene rings is 1. The normalized spacial score (nSPS) is 15.7. The summed E-state index contributed by atoms with van der Waals surface area (Å²) in [7, 11) is 0. The Morgan fingerprint density at radius 1 is 1.17 bits per heavy atom. The van der Waals surface area contributed by atoms with E-state index < -0.39 is 11.6 Å². The van der Waals surface area contributed by atoms with Gasteiger partial charge in [0.15, 0.2) is 0 Å². The predicted octanol–water partition coefficient (Wildman–Crippen LogP) is 2.44. The Balaban J connectivity index is 1.81. The average molecular weight is 254 g/mol. The number of anilines is 1. The molecule has 0 aliphatic heterocycles. The molecule has 0 aromatic heterocycles. The molecule has 0 radical (unpaired) electrons. The molecule has 2 rings (SSSR count). The van der Waals surface area contributed by atoms with Gasteiger partial charge in [0.25, 0.3) is 0 Å². The molecule has 0 spiro atoms. The first kappa shape index (κ1) is 12.8. The van der Waals surface area contributed by atoms with E-state index in [2.05, 4.69) is 10.6 Å². The van der Waals surface area contributed by atoms with Gasteiger partial charge < -0.3 is 10.6 Å². The Morgan fingerprint density at radius 3 is 2.39 bits per heavy atom. The molecule has 98 valence electrons. The van der Waals surface area contributed by atoms with E-state index in [9.17, 15) is 13.6 Å². The van der Waals surface area contributed by atoms with E-state index >= 15 is 0 Å². The third kappa shape index (κ3) is 3.68. The molecule has 3 nitrogen and oxygen atoms in total. The summed E-state index contributed by atoms with van der Waals surface area (Å²) in [6.07, 6.45) is 4.32. The molecular weight excluding hydrogens is 238 g/mol. The highest BCUT2D eigenvalue weighted by molar-refractivity contribution is 5.80. The predicted molar refractivity (Wildman–Crippen MR) is 65.2 cm³/mol. The van der Waals surface area contributed by atoms with Gasteiger partial charge in [0, 0.05) is 17.8 Å². The fourth-order valence-corrected chi connectivity index (χ4v) is 2.19. The lowest BCUT2D eigenvalue weighted by Crippen LogP contribution is -2.36. The molecule has 1 saturated carbocycles. The van der Waals surface area contributed by atoms with Crippen molar-refractivity contribution >= 4 is 11.6 Å². The van der Waals surface area contributed by atoms with Crippen molar-refractivity contribution in [1.82, 2.24) is 5.32 Å². The van der Waals surface area contributed by atoms with Gasteiger partial charge in [-0.2, -0.15) is 0 Å². The lowest BCUT2D eigenvalue weighted by atomic mass is 10.2. The van der Waals surface area contributed by atoms with E-state index in [1.54, 1.807) is 0 Å². The van der Waals surface area contributed by atoms with Crippen molar-refractivity contribution in [3.05, 3.63) is 29.8 Å². The van der Waals surface area contributed by atoms with Crippen LogP contribution in [0.3, 0.4) is 0 Å². The number of rotatable bonds is 4. The number of nitrogens with one attached hydrogen (secondary N) is 2. The Kier molecular flexibility index (Phi) is 4.12. The molecule has 0 unspecified atom stereocenters. The highest BCUT2D eigenvalue weighted by Crippen LogP contribution is 2.17. The van der Waals surface area contributed by atoms with E-state index in [1.165, 1.54) is 0 Å². The maximum Gasteiger partial charge on any atom is 0.239 e. The highest BCUT2D eigenvalue weighted by atomic mass is 19.1. The van der Waals surface area contributed by atoms with Crippen LogP contribution in [-0.4, -0.2) is 18.5 Å². The molecule has 0 heterocycles. The van der Waals surface area contributed by atoms with Gasteiger partial charge in [-0.25, -0.2) is 8.78 Å². The van der Waals surface area contributed by atoms with E-state index in [4.69, 9.17) is 0 Å². The van der Waals surface area contributed by atoms with E-state index in [0.29, 0.717) is 0 Å². The van der Waals surface area contributed by atoms with Crippen LogP contribution in [0.2, 0.25) is 0 Å². The second-order valence-electron chi connectivity index (χ2n) is 4.56. The first-order valence-electron chi connectivity index (χ1n) is 6.13. The largest absolute Gasteiger partial charge is 0.376 e. The molecule has 2 N–H and O–H groups in total. The minimum Gasteiger partial charge on any atom is -0.376 e. The zero-order valence-electron chi connectivity index (χ0n) is 10.0. The van der Waals surface area contributed by atoms with Crippen molar-refractivity contribution in [3.8, 4) is 0 Å². The first-order chi connectivity index (χ1) is 8.63. The summed E-state index contributed by atoms with van der Waals surface area (Å²) in [6.45, 7) is 0.0272. The summed E-state index contributed by atoms with van der Waals surface area (Å²) in [4.78, 5) is 11.6. The number of carbonyl (C=O) groups excluding carboxylic acids is 1. The quantitative estimate of drug-likeness (QED) is 0.866. The van der Waals surface area contributed by atoms with Crippen LogP contribution in [0.4, 0.5) is 14.5 Å². The second kappa shape index (κ2) is 5.80. The summed E-state index contributed by atoms with van der Waals surface area (Å²) < 4.78 is 25.8. The second-order valence-corrected chi connectivity index (χ2v) is 4.56. The minimum atomic E-state index is -0.659. The van der Waals surface area contributed by atoms with Crippen LogP contribution in [0.15, 0.2) is 18.2 Å². The maximum atomic E-state index is 12.9. The van der Waals surface area contributed by atoms with Crippen molar-refractivity contribution in [2.24, 2.45) is 0 Å². The molecular formula is C13H16F2N2O. The van der Waals surface area contributed by atoms with Crippen LogP contribution in [0, 0.1) is 11.6 Å². The molecule has 1 fully saturated rings. The fourth-order valence-electron chi connectivity index (χ4n) is 2.19. The minimum absolute atomic E-state index is 0.0272. The van der Waals surface area contributed by atoms with Crippen LogP contribution in [0.1, 0.15) is 25.7 Å². The number of hydrogen-bond donors (Lipinski definition) is 2. The van der Waals surface area contributed by atoms with Crippen LogP contribution in [-0.2, 0) is 4.79 Å². The average Bonchev–Trinajstić information content (AvgIpc) is 2.78. The van der Waals surface area contributed by atoms with Crippen molar-refractivity contribution in [2.45, 2.75) is 31.7 Å². The first-order valence-corrected chi connectivity index (χ1v) is 6.13. The molecule has 18 heavy (non-hydrogen) atoms. The highest BCUT2D eigenvalue weighted by Gasteiger charge is 2.16. The van der Waals surface area contributed by atoms with Crippen LogP contribution >= 0.6 is 0 Å². The molecule has 0 bridgehead atoms. The Labute approximate surface area is 105 Å². The summed E-state index contributed by atoms with van der Waals surface area (Å²) in [5.74, 6) is -1.46. The van der Waals surface area contributed by atoms with E-state index in [1.807, 2.05) is 0 Å². The maximum absolute atomic E-state index is 12.9. The lowest BCUT2D eigenvalue weighted by molar-refractivity contribution is -0.120. The summed E-state index contributed by atoms with van der Waals surface area (Å²) >= 11 is 0. The third-order valence-corrected chi connectivity index (χ3v) is 3.04. The van der Waals surface area contributed by atoms with Gasteiger partial charge in [-0.3, -0.25) is 4.79 Å². The summed E-state index contributed by atoms with van der Waals surface area (Å²) in [6, 6.07) is 3.37. The molecule has 0 atom stereocenters. The summed E-state index contributed by atoms with van der Waals surface area (Å²) in [5.41, 5.74) is 0.272. The van der Waals surface area contributed by atoms with Crippen LogP contribution in [0.5, 0.6) is 0 Å². The van der Waals surface area contributed by atoms with Gasteiger partial charge in [0.2, 0.25) is 5.91 Å². The van der Waals surface area contributed by atoms with E-state index in [-0.39, 0.29) is 24.2 Å². The molecule has 1 amide bonds. The molecule has 1 aliphatic rings. The lowest BCUT2D eigenvalue weighted by Gasteiger charge is -2.12. The smallest absolute Gasteiger partial charge is 0.239 e. The molecule has 5 heteroatoms. The van der Waals surface area contributed by atoms with Gasteiger partial charge in [-0.05, 0) is 25.0 Å². The van der Waals surface area contributed by atoms with Gasteiger partial charge in [0.1, 0.15) is 11.6 Å². The van der Waals surface area contributed by atoms with Crippen molar-refractivity contribution < 1.29 is 13.6 Å². The Hall–Kier alpha value is -1.65. The molecule has 1 aromatic carbocycles. The van der Waals surface area contributed by atoms with Gasteiger partial charge in [-0.15, -0.1) is 0 Å². The number of hydrogen-bond acceptors (Lipinski definition) is 2. The molecule has 0 saturated heterocycles. The van der Waals surface area contributed by atoms with Gasteiger partial charge >= 0.3 is 0 Å². The van der Waals surface area contributed by atoms with Crippen molar-refractivity contribution in [1.29, 1.82) is 0 Å². The Bertz CT molecular complexity index is 411. The van der Waals surface area contributed by atoms with Crippen LogP contribution in [0.25, 0.3) is 0 Å². The third-order valence-electron chi connectivity index (χ3n) is 3.04. The van der Waals surface area contributed by atoms with Crippen molar-refractivity contribution in [3.63, 3.8) is 0 Å². The number of amides is 1. The number of carbonyl (C=O) groups is 1. The van der Waals surface area contributed by atoms with Crippen molar-refractivity contribution in [2.75, 3.05) is 11.9 Å². The molecule has 1 aromatic rings. The SMILES string of the molecule is O=C(CNc1cc(F)cc(F)c1)NC1CCCC1. The zero-order valence-corrected chi connectivity index (χ0v) is 10.0. The van der Waals surface area contributed by atoms with Crippen LogP contribution < -0.4 is 10.6 Å². The van der Waals surface area contributed by atoms with Gasteiger partial charge in [-0.1, -0.05) is 12.8 Å². The topological polar surface area (TPSA) is 41.1 Å². The standard InChI is InChI=1S/C13H16F2N2O/c14-9-5-10(15)7-12(6-9)16-8-13(18)17-11-3-1-2-4-11/h5-7,11,16H,1-4,8H2,(H,17,18). The zero-order chi connectivity index (χ0) is 13.0. The Morgan fingerprint density at radius 2 is 1.78 bits per heavy atom.